The fourth-order valence-electron chi connectivity index (χ4n) is 1.93. The van der Waals surface area contributed by atoms with Crippen LogP contribution in [0.4, 0.5) is 5.69 Å². The summed E-state index contributed by atoms with van der Waals surface area (Å²) in [7, 11) is 3.05. The molecule has 0 radical (unpaired) electrons. The highest BCUT2D eigenvalue weighted by Crippen LogP contribution is 2.23. The van der Waals surface area contributed by atoms with E-state index in [0.717, 1.165) is 0 Å². The van der Waals surface area contributed by atoms with E-state index in [-0.39, 0.29) is 11.7 Å². The fourth-order valence-corrected chi connectivity index (χ4v) is 1.93. The van der Waals surface area contributed by atoms with E-state index in [4.69, 9.17) is 9.47 Å². The number of nitrogens with one attached hydrogen (secondary N) is 1. The highest BCUT2D eigenvalue weighted by molar-refractivity contribution is 6.05. The summed E-state index contributed by atoms with van der Waals surface area (Å²) in [4.78, 5) is 23.5. The van der Waals surface area contributed by atoms with Crippen LogP contribution in [0.25, 0.3) is 0 Å². The van der Waals surface area contributed by atoms with Crippen LogP contribution in [0, 0.1) is 0 Å². The third-order valence-electron chi connectivity index (χ3n) is 3.16. The van der Waals surface area contributed by atoms with Gasteiger partial charge >= 0.3 is 0 Å². The van der Waals surface area contributed by atoms with Crippen LogP contribution in [0.5, 0.6) is 11.5 Å². The summed E-state index contributed by atoms with van der Waals surface area (Å²) in [5.74, 6) is 0.774. The summed E-state index contributed by atoms with van der Waals surface area (Å²) in [5.41, 5.74) is 1.63. The standard InChI is InChI=1S/C17H17NO4/c1-11(19)12-4-6-14(7-5-12)18-17(20)13-8-15(21-2)10-16(9-13)22-3/h4-10H,1-3H3,(H,18,20). The molecule has 0 aromatic heterocycles. The lowest BCUT2D eigenvalue weighted by Gasteiger charge is -2.09. The highest BCUT2D eigenvalue weighted by Gasteiger charge is 2.10. The topological polar surface area (TPSA) is 64.6 Å². The molecule has 2 aromatic rings. The van der Waals surface area contributed by atoms with Crippen LogP contribution in [0.3, 0.4) is 0 Å². The summed E-state index contributed by atoms with van der Waals surface area (Å²) in [6.07, 6.45) is 0. The summed E-state index contributed by atoms with van der Waals surface area (Å²) >= 11 is 0. The maximum absolute atomic E-state index is 12.3. The third-order valence-corrected chi connectivity index (χ3v) is 3.16. The molecule has 2 rings (SSSR count). The lowest BCUT2D eigenvalue weighted by molar-refractivity contribution is 0.101. The first kappa shape index (κ1) is 15.6. The van der Waals surface area contributed by atoms with Gasteiger partial charge in [0, 0.05) is 22.9 Å². The molecule has 0 spiro atoms. The highest BCUT2D eigenvalue weighted by atomic mass is 16.5. The molecule has 0 aliphatic carbocycles. The van der Waals surface area contributed by atoms with E-state index in [9.17, 15) is 9.59 Å². The van der Waals surface area contributed by atoms with E-state index in [1.807, 2.05) is 0 Å². The molecule has 5 heteroatoms. The van der Waals surface area contributed by atoms with Gasteiger partial charge < -0.3 is 14.8 Å². The molecule has 1 N–H and O–H groups in total. The molecular formula is C17H17NO4. The van der Waals surface area contributed by atoms with Crippen molar-refractivity contribution >= 4 is 17.4 Å². The number of amides is 1. The Morgan fingerprint density at radius 3 is 1.86 bits per heavy atom. The van der Waals surface area contributed by atoms with Crippen LogP contribution in [0.1, 0.15) is 27.6 Å². The Labute approximate surface area is 128 Å². The maximum Gasteiger partial charge on any atom is 0.255 e. The van der Waals surface area contributed by atoms with Crippen LogP contribution in [-0.2, 0) is 0 Å². The number of carbonyl (C=O) groups excluding carboxylic acids is 2. The fraction of sp³-hybridized carbons (Fsp3) is 0.176. The molecule has 5 nitrogen and oxygen atoms in total. The van der Waals surface area contributed by atoms with E-state index in [1.54, 1.807) is 42.5 Å². The number of benzene rings is 2. The molecule has 1 amide bonds. The third kappa shape index (κ3) is 3.63. The molecular weight excluding hydrogens is 282 g/mol. The average Bonchev–Trinajstić information content (AvgIpc) is 2.54. The number of carbonyl (C=O) groups is 2. The van der Waals surface area contributed by atoms with Crippen LogP contribution in [-0.4, -0.2) is 25.9 Å². The Hall–Kier alpha value is -2.82. The van der Waals surface area contributed by atoms with Gasteiger partial charge in [-0.25, -0.2) is 0 Å². The number of ketones is 1. The van der Waals surface area contributed by atoms with Crippen molar-refractivity contribution in [1.82, 2.24) is 0 Å². The van der Waals surface area contributed by atoms with Gasteiger partial charge in [-0.2, -0.15) is 0 Å². The Balaban J connectivity index is 2.19. The van der Waals surface area contributed by atoms with E-state index in [2.05, 4.69) is 5.32 Å². The minimum Gasteiger partial charge on any atom is -0.497 e. The molecule has 0 atom stereocenters. The smallest absolute Gasteiger partial charge is 0.255 e. The van der Waals surface area contributed by atoms with Crippen LogP contribution in [0.2, 0.25) is 0 Å². The van der Waals surface area contributed by atoms with Gasteiger partial charge in [0.15, 0.2) is 5.78 Å². The minimum atomic E-state index is -0.284. The molecule has 0 fully saturated rings. The zero-order valence-electron chi connectivity index (χ0n) is 12.7. The molecule has 0 aliphatic rings. The second kappa shape index (κ2) is 6.76. The number of Topliss-reactive ketones (excluding diaryl/α,β-unsaturated/α-hetero) is 1. The lowest BCUT2D eigenvalue weighted by atomic mass is 10.1. The molecule has 0 unspecified atom stereocenters. The molecule has 22 heavy (non-hydrogen) atoms. The SMILES string of the molecule is COc1cc(OC)cc(C(=O)Nc2ccc(C(C)=O)cc2)c1. The number of methoxy groups -OCH3 is 2. The second-order valence-electron chi connectivity index (χ2n) is 4.69. The van der Waals surface area contributed by atoms with Crippen LogP contribution < -0.4 is 14.8 Å². The van der Waals surface area contributed by atoms with Gasteiger partial charge in [-0.05, 0) is 43.3 Å². The predicted octanol–water partition coefficient (Wildman–Crippen LogP) is 3.16. The normalized spacial score (nSPS) is 9.95. The van der Waals surface area contributed by atoms with Crippen LogP contribution >= 0.6 is 0 Å². The summed E-state index contributed by atoms with van der Waals surface area (Å²) < 4.78 is 10.3. The number of hydrogen-bond donors (Lipinski definition) is 1. The Morgan fingerprint density at radius 1 is 0.864 bits per heavy atom. The zero-order chi connectivity index (χ0) is 16.1. The van der Waals surface area contributed by atoms with Crippen molar-refractivity contribution in [3.63, 3.8) is 0 Å². The number of ether oxygens (including phenoxy) is 2. The number of hydrogen-bond acceptors (Lipinski definition) is 4. The zero-order valence-corrected chi connectivity index (χ0v) is 12.7. The summed E-state index contributed by atoms with van der Waals surface area (Å²) in [6, 6.07) is 11.7. The monoisotopic (exact) mass is 299 g/mol. The van der Waals surface area contributed by atoms with Crippen molar-refractivity contribution in [3.05, 3.63) is 53.6 Å². The lowest BCUT2D eigenvalue weighted by Crippen LogP contribution is -2.12. The first-order valence-corrected chi connectivity index (χ1v) is 6.69. The first-order chi connectivity index (χ1) is 10.5. The van der Waals surface area contributed by atoms with Crippen molar-refractivity contribution < 1.29 is 19.1 Å². The molecule has 0 aliphatic heterocycles. The first-order valence-electron chi connectivity index (χ1n) is 6.69. The van der Waals surface area contributed by atoms with Gasteiger partial charge in [-0.15, -0.1) is 0 Å². The Morgan fingerprint density at radius 2 is 1.41 bits per heavy atom. The molecule has 0 heterocycles. The predicted molar refractivity (Wildman–Crippen MR) is 83.9 cm³/mol. The average molecular weight is 299 g/mol. The van der Waals surface area contributed by atoms with Gasteiger partial charge in [0.2, 0.25) is 0 Å². The Bertz CT molecular complexity index is 670. The van der Waals surface area contributed by atoms with Gasteiger partial charge in [-0.3, -0.25) is 9.59 Å². The van der Waals surface area contributed by atoms with Gasteiger partial charge in [0.1, 0.15) is 11.5 Å². The van der Waals surface area contributed by atoms with Gasteiger partial charge in [0.05, 0.1) is 14.2 Å². The van der Waals surface area contributed by atoms with E-state index < -0.39 is 0 Å². The maximum atomic E-state index is 12.3. The summed E-state index contributed by atoms with van der Waals surface area (Å²) in [5, 5.41) is 2.77. The van der Waals surface area contributed by atoms with Crippen molar-refractivity contribution in [3.8, 4) is 11.5 Å². The van der Waals surface area contributed by atoms with Crippen molar-refractivity contribution in [2.24, 2.45) is 0 Å². The largest absolute Gasteiger partial charge is 0.497 e. The molecule has 114 valence electrons. The number of rotatable bonds is 5. The van der Waals surface area contributed by atoms with Crippen molar-refractivity contribution in [2.45, 2.75) is 6.92 Å². The number of anilines is 1. The van der Waals surface area contributed by atoms with E-state index >= 15 is 0 Å². The summed E-state index contributed by atoms with van der Waals surface area (Å²) in [6.45, 7) is 1.50. The van der Waals surface area contributed by atoms with E-state index in [0.29, 0.717) is 28.3 Å². The van der Waals surface area contributed by atoms with Crippen molar-refractivity contribution in [2.75, 3.05) is 19.5 Å². The minimum absolute atomic E-state index is 0.0181. The molecule has 0 saturated carbocycles. The Kier molecular flexibility index (Phi) is 4.78. The second-order valence-corrected chi connectivity index (χ2v) is 4.69. The molecule has 0 bridgehead atoms. The van der Waals surface area contributed by atoms with Crippen molar-refractivity contribution in [1.29, 1.82) is 0 Å². The van der Waals surface area contributed by atoms with E-state index in [1.165, 1.54) is 21.1 Å². The molecule has 0 saturated heterocycles. The van der Waals surface area contributed by atoms with Gasteiger partial charge in [0.25, 0.3) is 5.91 Å². The molecule has 2 aromatic carbocycles. The van der Waals surface area contributed by atoms with Crippen LogP contribution in [0.15, 0.2) is 42.5 Å². The quantitative estimate of drug-likeness (QED) is 0.861. The van der Waals surface area contributed by atoms with Gasteiger partial charge in [-0.1, -0.05) is 0 Å².